The van der Waals surface area contributed by atoms with Gasteiger partial charge in [-0.15, -0.1) is 0 Å². The van der Waals surface area contributed by atoms with Crippen LogP contribution < -0.4 is 0 Å². The molecule has 3 aliphatic rings. The molecule has 3 saturated carbocycles. The van der Waals surface area contributed by atoms with Crippen LogP contribution in [0.25, 0.3) is 0 Å². The lowest BCUT2D eigenvalue weighted by Crippen LogP contribution is -2.34. The highest BCUT2D eigenvalue weighted by Crippen LogP contribution is 2.66. The Morgan fingerprint density at radius 2 is 1.47 bits per heavy atom. The smallest absolute Gasteiger partial charge is 0.0323 e. The standard InChI is InChI=1S/C15H26/c1-5-11-10(4)12-7-13(11)15-9(3)6-8(2)14(12)15/h8-15H,5-7H2,1-4H3. The van der Waals surface area contributed by atoms with Crippen LogP contribution in [0.15, 0.2) is 0 Å². The van der Waals surface area contributed by atoms with Crippen molar-refractivity contribution < 1.29 is 0 Å². The van der Waals surface area contributed by atoms with Crippen molar-refractivity contribution in [3.8, 4) is 0 Å². The summed E-state index contributed by atoms with van der Waals surface area (Å²) in [6.07, 6.45) is 4.54. The Kier molecular flexibility index (Phi) is 2.20. The first-order valence-electron chi connectivity index (χ1n) is 7.15. The van der Waals surface area contributed by atoms with E-state index in [9.17, 15) is 0 Å². The van der Waals surface area contributed by atoms with Crippen LogP contribution in [0.4, 0.5) is 0 Å². The Morgan fingerprint density at radius 1 is 0.867 bits per heavy atom. The highest BCUT2D eigenvalue weighted by molar-refractivity contribution is 5.08. The zero-order chi connectivity index (χ0) is 10.7. The normalized spacial score (nSPS) is 62.4. The maximum absolute atomic E-state index is 2.55. The van der Waals surface area contributed by atoms with Crippen LogP contribution >= 0.6 is 0 Å². The fraction of sp³-hybridized carbons (Fsp3) is 1.00. The molecule has 3 fully saturated rings. The Labute approximate surface area is 94.8 Å². The Bertz CT molecular complexity index is 257. The van der Waals surface area contributed by atoms with E-state index in [2.05, 4.69) is 27.7 Å². The summed E-state index contributed by atoms with van der Waals surface area (Å²) >= 11 is 0. The maximum Gasteiger partial charge on any atom is -0.0323 e. The van der Waals surface area contributed by atoms with E-state index >= 15 is 0 Å². The van der Waals surface area contributed by atoms with Crippen LogP contribution in [0, 0.1) is 47.3 Å². The van der Waals surface area contributed by atoms with Crippen LogP contribution in [-0.4, -0.2) is 0 Å². The van der Waals surface area contributed by atoms with Gasteiger partial charge >= 0.3 is 0 Å². The zero-order valence-corrected chi connectivity index (χ0v) is 10.7. The highest BCUT2D eigenvalue weighted by Gasteiger charge is 2.60. The van der Waals surface area contributed by atoms with Crippen molar-refractivity contribution in [2.45, 2.75) is 47.0 Å². The quantitative estimate of drug-likeness (QED) is 0.603. The fourth-order valence-electron chi connectivity index (χ4n) is 6.11. The predicted octanol–water partition coefficient (Wildman–Crippen LogP) is 4.21. The second-order valence-electron chi connectivity index (χ2n) is 6.84. The molecule has 0 N–H and O–H groups in total. The van der Waals surface area contributed by atoms with Crippen LogP contribution in [-0.2, 0) is 0 Å². The largest absolute Gasteiger partial charge is 0.0651 e. The minimum atomic E-state index is 1.03. The van der Waals surface area contributed by atoms with E-state index < -0.39 is 0 Å². The van der Waals surface area contributed by atoms with Gasteiger partial charge in [0.1, 0.15) is 0 Å². The molecule has 8 unspecified atom stereocenters. The molecule has 0 heterocycles. The molecule has 0 nitrogen and oxygen atoms in total. The van der Waals surface area contributed by atoms with Crippen LogP contribution in [0.3, 0.4) is 0 Å². The van der Waals surface area contributed by atoms with E-state index in [0.717, 1.165) is 47.3 Å². The van der Waals surface area contributed by atoms with Gasteiger partial charge in [0, 0.05) is 0 Å². The minimum Gasteiger partial charge on any atom is -0.0651 e. The SMILES string of the molecule is CCC1C(C)C2CC1C1C(C)CC(C)C21. The van der Waals surface area contributed by atoms with Gasteiger partial charge in [-0.05, 0) is 60.2 Å². The van der Waals surface area contributed by atoms with E-state index in [1.54, 1.807) is 6.42 Å². The van der Waals surface area contributed by atoms with Crippen molar-refractivity contribution in [2.24, 2.45) is 47.3 Å². The Morgan fingerprint density at radius 3 is 2.07 bits per heavy atom. The van der Waals surface area contributed by atoms with Crippen LogP contribution in [0.1, 0.15) is 47.0 Å². The molecule has 2 bridgehead atoms. The summed E-state index contributed by atoms with van der Waals surface area (Å²) in [4.78, 5) is 0. The summed E-state index contributed by atoms with van der Waals surface area (Å²) in [6, 6.07) is 0. The summed E-state index contributed by atoms with van der Waals surface area (Å²) in [6.45, 7) is 10.0. The van der Waals surface area contributed by atoms with E-state index in [-0.39, 0.29) is 0 Å². The number of hydrogen-bond acceptors (Lipinski definition) is 0. The molecule has 0 heteroatoms. The van der Waals surface area contributed by atoms with Crippen LogP contribution in [0.5, 0.6) is 0 Å². The van der Waals surface area contributed by atoms with Crippen molar-refractivity contribution in [3.63, 3.8) is 0 Å². The first-order chi connectivity index (χ1) is 7.15. The molecule has 86 valence electrons. The van der Waals surface area contributed by atoms with Gasteiger partial charge in [-0.3, -0.25) is 0 Å². The van der Waals surface area contributed by atoms with Gasteiger partial charge < -0.3 is 0 Å². The molecular formula is C15H26. The molecule has 0 saturated heterocycles. The van der Waals surface area contributed by atoms with Crippen molar-refractivity contribution in [1.29, 1.82) is 0 Å². The molecule has 0 aliphatic heterocycles. The summed E-state index contributed by atoms with van der Waals surface area (Å²) in [5.41, 5.74) is 0. The topological polar surface area (TPSA) is 0 Å². The van der Waals surface area contributed by atoms with Gasteiger partial charge in [0.2, 0.25) is 0 Å². The first kappa shape index (κ1) is 10.2. The van der Waals surface area contributed by atoms with Gasteiger partial charge in [-0.2, -0.15) is 0 Å². The number of fused-ring (bicyclic) bond motifs is 5. The fourth-order valence-corrected chi connectivity index (χ4v) is 6.11. The Balaban J connectivity index is 1.91. The third-order valence-corrected chi connectivity index (χ3v) is 6.41. The molecule has 15 heavy (non-hydrogen) atoms. The average molecular weight is 206 g/mol. The van der Waals surface area contributed by atoms with E-state index in [1.807, 2.05) is 0 Å². The molecule has 3 rings (SSSR count). The monoisotopic (exact) mass is 206 g/mol. The lowest BCUT2D eigenvalue weighted by atomic mass is 9.66. The molecule has 0 radical (unpaired) electrons. The lowest BCUT2D eigenvalue weighted by Gasteiger charge is -2.38. The van der Waals surface area contributed by atoms with Gasteiger partial charge in [-0.25, -0.2) is 0 Å². The summed E-state index contributed by atoms with van der Waals surface area (Å²) in [7, 11) is 0. The molecule has 8 atom stereocenters. The molecular weight excluding hydrogens is 180 g/mol. The third kappa shape index (κ3) is 1.14. The molecule has 0 aromatic rings. The van der Waals surface area contributed by atoms with Crippen molar-refractivity contribution in [2.75, 3.05) is 0 Å². The van der Waals surface area contributed by atoms with Gasteiger partial charge in [0.05, 0.1) is 0 Å². The van der Waals surface area contributed by atoms with Crippen molar-refractivity contribution in [1.82, 2.24) is 0 Å². The van der Waals surface area contributed by atoms with E-state index in [0.29, 0.717) is 0 Å². The number of rotatable bonds is 1. The summed E-state index contributed by atoms with van der Waals surface area (Å²) < 4.78 is 0. The maximum atomic E-state index is 2.55. The minimum absolute atomic E-state index is 1.03. The average Bonchev–Trinajstić information content (AvgIpc) is 2.78. The van der Waals surface area contributed by atoms with E-state index in [1.165, 1.54) is 12.8 Å². The zero-order valence-electron chi connectivity index (χ0n) is 10.7. The number of hydrogen-bond donors (Lipinski definition) is 0. The third-order valence-electron chi connectivity index (χ3n) is 6.41. The highest BCUT2D eigenvalue weighted by atomic mass is 14.6. The molecule has 0 aromatic heterocycles. The second-order valence-corrected chi connectivity index (χ2v) is 6.84. The van der Waals surface area contributed by atoms with Gasteiger partial charge in [0.15, 0.2) is 0 Å². The molecule has 0 spiro atoms. The summed E-state index contributed by atoms with van der Waals surface area (Å²) in [5, 5.41) is 0. The van der Waals surface area contributed by atoms with Crippen molar-refractivity contribution >= 4 is 0 Å². The predicted molar refractivity (Wildman–Crippen MR) is 64.5 cm³/mol. The van der Waals surface area contributed by atoms with Gasteiger partial charge in [-0.1, -0.05) is 34.1 Å². The first-order valence-corrected chi connectivity index (χ1v) is 7.15. The molecule has 3 aliphatic carbocycles. The van der Waals surface area contributed by atoms with Gasteiger partial charge in [0.25, 0.3) is 0 Å². The van der Waals surface area contributed by atoms with Crippen molar-refractivity contribution in [3.05, 3.63) is 0 Å². The lowest BCUT2D eigenvalue weighted by molar-refractivity contribution is 0.0913. The summed E-state index contributed by atoms with van der Waals surface area (Å²) in [5.74, 6) is 8.61. The Hall–Kier alpha value is 0. The van der Waals surface area contributed by atoms with Crippen LogP contribution in [0.2, 0.25) is 0 Å². The van der Waals surface area contributed by atoms with E-state index in [4.69, 9.17) is 0 Å². The second kappa shape index (κ2) is 3.25. The molecule has 0 amide bonds. The molecule has 0 aromatic carbocycles.